The minimum atomic E-state index is 0.770. The molecule has 0 aliphatic carbocycles. The number of hydrogen-bond donors (Lipinski definition) is 0. The van der Waals surface area contributed by atoms with Crippen LogP contribution in [-0.4, -0.2) is 9.97 Å². The van der Waals surface area contributed by atoms with Gasteiger partial charge in [-0.2, -0.15) is 0 Å². The van der Waals surface area contributed by atoms with Crippen LogP contribution in [0.3, 0.4) is 0 Å². The lowest BCUT2D eigenvalue weighted by molar-refractivity contribution is 1.14. The summed E-state index contributed by atoms with van der Waals surface area (Å²) in [6, 6.07) is 15.0. The largest absolute Gasteiger partial charge is 0.236 e. The van der Waals surface area contributed by atoms with E-state index in [9.17, 15) is 0 Å². The molecule has 0 fully saturated rings. The number of aromatic nitrogens is 2. The average molecular weight is 274 g/mol. The molecule has 0 amide bonds. The lowest BCUT2D eigenvalue weighted by Gasteiger charge is -2.07. The fourth-order valence-electron chi connectivity index (χ4n) is 2.52. The number of nitrogens with zero attached hydrogens (tertiary/aromatic N) is 2. The van der Waals surface area contributed by atoms with Crippen LogP contribution in [0.25, 0.3) is 22.5 Å². The first-order valence-corrected chi connectivity index (χ1v) is 7.09. The molecule has 0 spiro atoms. The number of benzene rings is 2. The molecule has 0 aliphatic heterocycles. The first kappa shape index (κ1) is 13.5. The molecule has 21 heavy (non-hydrogen) atoms. The minimum Gasteiger partial charge on any atom is -0.236 e. The zero-order valence-corrected chi connectivity index (χ0v) is 12.6. The molecule has 104 valence electrons. The van der Waals surface area contributed by atoms with E-state index < -0.39 is 0 Å². The van der Waals surface area contributed by atoms with Crippen LogP contribution in [0.1, 0.15) is 16.7 Å². The van der Waals surface area contributed by atoms with Crippen molar-refractivity contribution in [1.82, 2.24) is 9.97 Å². The second kappa shape index (κ2) is 5.49. The quantitative estimate of drug-likeness (QED) is 0.674. The Morgan fingerprint density at radius 2 is 1.24 bits per heavy atom. The molecule has 3 aromatic rings. The van der Waals surface area contributed by atoms with E-state index in [0.29, 0.717) is 0 Å². The lowest BCUT2D eigenvalue weighted by Crippen LogP contribution is -1.90. The van der Waals surface area contributed by atoms with Crippen LogP contribution >= 0.6 is 0 Å². The van der Waals surface area contributed by atoms with E-state index in [2.05, 4.69) is 66.3 Å². The summed E-state index contributed by atoms with van der Waals surface area (Å²) in [6.07, 6.45) is 3.71. The third kappa shape index (κ3) is 3.00. The molecule has 1 aromatic heterocycles. The summed E-state index contributed by atoms with van der Waals surface area (Å²) in [5, 5.41) is 0. The van der Waals surface area contributed by atoms with E-state index >= 15 is 0 Å². The molecular weight excluding hydrogens is 256 g/mol. The zero-order valence-electron chi connectivity index (χ0n) is 12.6. The maximum absolute atomic E-state index is 4.41. The molecule has 2 heteroatoms. The Bertz CT molecular complexity index is 754. The average Bonchev–Trinajstić information content (AvgIpc) is 2.47. The van der Waals surface area contributed by atoms with Crippen LogP contribution in [0.2, 0.25) is 0 Å². The van der Waals surface area contributed by atoms with Crippen molar-refractivity contribution < 1.29 is 0 Å². The van der Waals surface area contributed by atoms with E-state index in [0.717, 1.165) is 17.0 Å². The van der Waals surface area contributed by atoms with E-state index in [1.807, 2.05) is 19.3 Å². The van der Waals surface area contributed by atoms with Gasteiger partial charge in [0.2, 0.25) is 0 Å². The van der Waals surface area contributed by atoms with Crippen LogP contribution < -0.4 is 0 Å². The highest BCUT2D eigenvalue weighted by molar-refractivity contribution is 5.71. The van der Waals surface area contributed by atoms with Crippen LogP contribution in [0.15, 0.2) is 54.9 Å². The Balaban J connectivity index is 2.05. The van der Waals surface area contributed by atoms with E-state index in [-0.39, 0.29) is 0 Å². The molecule has 0 unspecified atom stereocenters. The Kier molecular flexibility index (Phi) is 3.53. The van der Waals surface area contributed by atoms with Crippen molar-refractivity contribution in [3.05, 3.63) is 71.5 Å². The van der Waals surface area contributed by atoms with Crippen molar-refractivity contribution in [2.75, 3.05) is 0 Å². The second-order valence-electron chi connectivity index (χ2n) is 5.54. The summed E-state index contributed by atoms with van der Waals surface area (Å²) in [5.41, 5.74) is 7.12. The van der Waals surface area contributed by atoms with Crippen molar-refractivity contribution in [1.29, 1.82) is 0 Å². The molecule has 0 aliphatic rings. The number of hydrogen-bond acceptors (Lipinski definition) is 2. The molecule has 0 atom stereocenters. The molecule has 0 bridgehead atoms. The summed E-state index contributed by atoms with van der Waals surface area (Å²) in [7, 11) is 0. The van der Waals surface area contributed by atoms with Crippen molar-refractivity contribution >= 4 is 0 Å². The third-order valence-corrected chi connectivity index (χ3v) is 3.46. The fraction of sp³-hybridized carbons (Fsp3) is 0.158. The summed E-state index contributed by atoms with van der Waals surface area (Å²) < 4.78 is 0. The van der Waals surface area contributed by atoms with Crippen LogP contribution in [0.4, 0.5) is 0 Å². The van der Waals surface area contributed by atoms with Gasteiger partial charge in [-0.1, -0.05) is 47.5 Å². The topological polar surface area (TPSA) is 25.8 Å². The van der Waals surface area contributed by atoms with Gasteiger partial charge < -0.3 is 0 Å². The Labute approximate surface area is 125 Å². The van der Waals surface area contributed by atoms with Crippen molar-refractivity contribution in [2.45, 2.75) is 20.8 Å². The van der Waals surface area contributed by atoms with Gasteiger partial charge in [0.05, 0.1) is 0 Å². The lowest BCUT2D eigenvalue weighted by atomic mass is 9.99. The van der Waals surface area contributed by atoms with Gasteiger partial charge in [-0.15, -0.1) is 0 Å². The SMILES string of the molecule is Cc1cnc(-c2cccc(-c3cc(C)cc(C)c3)c2)nc1. The predicted octanol–water partition coefficient (Wildman–Crippen LogP) is 4.74. The van der Waals surface area contributed by atoms with Crippen LogP contribution in [0.5, 0.6) is 0 Å². The Morgan fingerprint density at radius 1 is 0.619 bits per heavy atom. The fourth-order valence-corrected chi connectivity index (χ4v) is 2.52. The molecule has 0 saturated heterocycles. The highest BCUT2D eigenvalue weighted by Crippen LogP contribution is 2.26. The summed E-state index contributed by atoms with van der Waals surface area (Å²) in [6.45, 7) is 6.25. The van der Waals surface area contributed by atoms with Crippen molar-refractivity contribution in [3.8, 4) is 22.5 Å². The van der Waals surface area contributed by atoms with Gasteiger partial charge in [0, 0.05) is 18.0 Å². The zero-order chi connectivity index (χ0) is 14.8. The maximum atomic E-state index is 4.41. The Hall–Kier alpha value is -2.48. The van der Waals surface area contributed by atoms with Gasteiger partial charge in [-0.05, 0) is 43.5 Å². The molecule has 0 radical (unpaired) electrons. The Morgan fingerprint density at radius 3 is 1.90 bits per heavy atom. The second-order valence-corrected chi connectivity index (χ2v) is 5.54. The van der Waals surface area contributed by atoms with Gasteiger partial charge in [0.15, 0.2) is 5.82 Å². The first-order valence-electron chi connectivity index (χ1n) is 7.09. The monoisotopic (exact) mass is 274 g/mol. The van der Waals surface area contributed by atoms with E-state index in [4.69, 9.17) is 0 Å². The molecule has 2 aromatic carbocycles. The smallest absolute Gasteiger partial charge is 0.159 e. The minimum absolute atomic E-state index is 0.770. The molecule has 2 nitrogen and oxygen atoms in total. The third-order valence-electron chi connectivity index (χ3n) is 3.46. The van der Waals surface area contributed by atoms with E-state index in [1.54, 1.807) is 0 Å². The van der Waals surface area contributed by atoms with Gasteiger partial charge in [0.25, 0.3) is 0 Å². The van der Waals surface area contributed by atoms with Crippen LogP contribution in [0, 0.1) is 20.8 Å². The number of aryl methyl sites for hydroxylation is 3. The van der Waals surface area contributed by atoms with Crippen molar-refractivity contribution in [3.63, 3.8) is 0 Å². The molecular formula is C19H18N2. The molecule has 1 heterocycles. The summed E-state index contributed by atoms with van der Waals surface area (Å²) in [4.78, 5) is 8.81. The predicted molar refractivity (Wildman–Crippen MR) is 87.1 cm³/mol. The number of rotatable bonds is 2. The standard InChI is InChI=1S/C19H18N2/c1-13-7-14(2)9-18(8-13)16-5-4-6-17(10-16)19-20-11-15(3)12-21-19/h4-12H,1-3H3. The van der Waals surface area contributed by atoms with Crippen molar-refractivity contribution in [2.24, 2.45) is 0 Å². The first-order chi connectivity index (χ1) is 10.1. The molecule has 3 rings (SSSR count). The van der Waals surface area contributed by atoms with Gasteiger partial charge in [0.1, 0.15) is 0 Å². The maximum Gasteiger partial charge on any atom is 0.159 e. The van der Waals surface area contributed by atoms with E-state index in [1.165, 1.54) is 22.3 Å². The van der Waals surface area contributed by atoms with Crippen LogP contribution in [-0.2, 0) is 0 Å². The van der Waals surface area contributed by atoms with Gasteiger partial charge in [-0.25, -0.2) is 9.97 Å². The molecule has 0 N–H and O–H groups in total. The van der Waals surface area contributed by atoms with Gasteiger partial charge in [-0.3, -0.25) is 0 Å². The summed E-state index contributed by atoms with van der Waals surface area (Å²) >= 11 is 0. The molecule has 0 saturated carbocycles. The summed E-state index contributed by atoms with van der Waals surface area (Å²) in [5.74, 6) is 0.770. The highest BCUT2D eigenvalue weighted by atomic mass is 14.9. The van der Waals surface area contributed by atoms with Gasteiger partial charge >= 0.3 is 0 Å². The highest BCUT2D eigenvalue weighted by Gasteiger charge is 2.04. The normalized spacial score (nSPS) is 10.6.